The zero-order valence-electron chi connectivity index (χ0n) is 11.1. The van der Waals surface area contributed by atoms with Crippen LogP contribution in [0.2, 0.25) is 0 Å². The number of rotatable bonds is 5. The molecule has 0 aromatic heterocycles. The molecule has 8 heteroatoms. The number of hydrogen-bond donors (Lipinski definition) is 2. The zero-order valence-corrected chi connectivity index (χ0v) is 12.7. The predicted octanol–water partition coefficient (Wildman–Crippen LogP) is 1.26. The van der Waals surface area contributed by atoms with Crippen molar-refractivity contribution in [3.05, 3.63) is 23.8 Å². The van der Waals surface area contributed by atoms with Crippen LogP contribution in [-0.2, 0) is 16.0 Å². The number of nitrogens with zero attached hydrogens (tertiary/aromatic N) is 1. The van der Waals surface area contributed by atoms with Gasteiger partial charge in [-0.25, -0.2) is 0 Å². The molecule has 1 heterocycles. The van der Waals surface area contributed by atoms with Gasteiger partial charge in [0.15, 0.2) is 0 Å². The van der Waals surface area contributed by atoms with E-state index in [0.29, 0.717) is 12.2 Å². The number of aromatic hydroxyl groups is 1. The molecule has 1 amide bonds. The Kier molecular flexibility index (Phi) is 4.69. The van der Waals surface area contributed by atoms with Crippen LogP contribution in [0.3, 0.4) is 0 Å². The smallest absolute Gasteiger partial charge is 0.323 e. The summed E-state index contributed by atoms with van der Waals surface area (Å²) in [5, 5.41) is 17.7. The predicted molar refractivity (Wildman–Crippen MR) is 81.7 cm³/mol. The lowest BCUT2D eigenvalue weighted by molar-refractivity contribution is -0.141. The van der Waals surface area contributed by atoms with Gasteiger partial charge in [0, 0.05) is 6.07 Å². The van der Waals surface area contributed by atoms with Crippen LogP contribution < -0.4 is 4.74 Å². The molecule has 0 radical (unpaired) electrons. The van der Waals surface area contributed by atoms with Crippen molar-refractivity contribution < 1.29 is 24.5 Å². The van der Waals surface area contributed by atoms with Crippen LogP contribution in [-0.4, -0.2) is 50.2 Å². The Balaban J connectivity index is 2.16. The van der Waals surface area contributed by atoms with E-state index in [0.717, 1.165) is 10.5 Å². The highest BCUT2D eigenvalue weighted by molar-refractivity contribution is 8.24. The molecule has 1 aliphatic heterocycles. The Morgan fingerprint density at radius 2 is 2.24 bits per heavy atom. The van der Waals surface area contributed by atoms with E-state index in [-0.39, 0.29) is 16.0 Å². The third-order valence-electron chi connectivity index (χ3n) is 2.97. The first-order valence-electron chi connectivity index (χ1n) is 6.02. The van der Waals surface area contributed by atoms with E-state index >= 15 is 0 Å². The molecule has 21 heavy (non-hydrogen) atoms. The van der Waals surface area contributed by atoms with Gasteiger partial charge in [-0.05, 0) is 18.1 Å². The maximum Gasteiger partial charge on any atom is 0.323 e. The Hall–Kier alpha value is -1.80. The van der Waals surface area contributed by atoms with E-state index in [1.807, 2.05) is 0 Å². The summed E-state index contributed by atoms with van der Waals surface area (Å²) < 4.78 is 5.44. The van der Waals surface area contributed by atoms with Crippen molar-refractivity contribution in [2.75, 3.05) is 13.7 Å². The van der Waals surface area contributed by atoms with E-state index < -0.39 is 17.8 Å². The highest BCUT2D eigenvalue weighted by atomic mass is 32.2. The molecular weight excluding hydrogens is 314 g/mol. The molecule has 112 valence electrons. The Labute approximate surface area is 130 Å². The summed E-state index contributed by atoms with van der Waals surface area (Å²) >= 11 is 6.21. The van der Waals surface area contributed by atoms with Crippen molar-refractivity contribution in [1.82, 2.24) is 4.90 Å². The van der Waals surface area contributed by atoms with Crippen molar-refractivity contribution in [2.24, 2.45) is 0 Å². The average Bonchev–Trinajstić information content (AvgIpc) is 2.68. The SMILES string of the molecule is COc1cc(O)ccc1CC1SC(=S)N(CC(=O)O)C1=O. The van der Waals surface area contributed by atoms with Gasteiger partial charge in [0.05, 0.1) is 12.4 Å². The maximum absolute atomic E-state index is 12.2. The average molecular weight is 327 g/mol. The second-order valence-electron chi connectivity index (χ2n) is 4.39. The number of carboxylic acid groups (broad SMARTS) is 1. The van der Waals surface area contributed by atoms with Gasteiger partial charge in [0.1, 0.15) is 22.4 Å². The minimum Gasteiger partial charge on any atom is -0.508 e. The van der Waals surface area contributed by atoms with E-state index in [1.165, 1.54) is 31.0 Å². The van der Waals surface area contributed by atoms with Crippen molar-refractivity contribution >= 4 is 40.2 Å². The van der Waals surface area contributed by atoms with Gasteiger partial charge in [-0.15, -0.1) is 0 Å². The first-order valence-corrected chi connectivity index (χ1v) is 7.31. The molecule has 0 saturated carbocycles. The van der Waals surface area contributed by atoms with E-state index in [1.54, 1.807) is 6.07 Å². The fraction of sp³-hybridized carbons (Fsp3) is 0.308. The summed E-state index contributed by atoms with van der Waals surface area (Å²) in [5.74, 6) is -0.869. The highest BCUT2D eigenvalue weighted by Crippen LogP contribution is 2.33. The van der Waals surface area contributed by atoms with Crippen molar-refractivity contribution in [3.63, 3.8) is 0 Å². The number of carbonyl (C=O) groups excluding carboxylic acids is 1. The molecule has 2 N–H and O–H groups in total. The standard InChI is InChI=1S/C13H13NO5S2/c1-19-9-5-8(15)3-2-7(9)4-10-12(18)14(6-11(16)17)13(20)21-10/h2-3,5,10,15H,4,6H2,1H3,(H,16,17). The second kappa shape index (κ2) is 6.31. The quantitative estimate of drug-likeness (QED) is 0.787. The molecule has 0 aliphatic carbocycles. The third-order valence-corrected chi connectivity index (χ3v) is 4.56. The molecule has 1 aromatic carbocycles. The molecule has 1 unspecified atom stereocenters. The summed E-state index contributed by atoms with van der Waals surface area (Å²) in [5.41, 5.74) is 0.751. The summed E-state index contributed by atoms with van der Waals surface area (Å²) in [7, 11) is 1.48. The normalized spacial score (nSPS) is 18.1. The summed E-state index contributed by atoms with van der Waals surface area (Å²) in [4.78, 5) is 24.0. The first kappa shape index (κ1) is 15.6. The van der Waals surface area contributed by atoms with Crippen LogP contribution in [0.25, 0.3) is 0 Å². The summed E-state index contributed by atoms with van der Waals surface area (Å²) in [6, 6.07) is 4.65. The zero-order chi connectivity index (χ0) is 15.6. The fourth-order valence-corrected chi connectivity index (χ4v) is 3.53. The maximum atomic E-state index is 12.2. The first-order chi connectivity index (χ1) is 9.92. The van der Waals surface area contributed by atoms with Crippen LogP contribution in [0.15, 0.2) is 18.2 Å². The molecule has 0 bridgehead atoms. The van der Waals surface area contributed by atoms with E-state index in [4.69, 9.17) is 22.1 Å². The monoisotopic (exact) mass is 327 g/mol. The number of thioether (sulfide) groups is 1. The van der Waals surface area contributed by atoms with Crippen LogP contribution in [0.4, 0.5) is 0 Å². The minimum absolute atomic E-state index is 0.0732. The molecular formula is C13H13NO5S2. The number of carbonyl (C=O) groups is 2. The number of aliphatic carboxylic acids is 1. The van der Waals surface area contributed by atoms with Gasteiger partial charge >= 0.3 is 5.97 Å². The van der Waals surface area contributed by atoms with Gasteiger partial charge in [-0.1, -0.05) is 30.0 Å². The van der Waals surface area contributed by atoms with Gasteiger partial charge in [-0.3, -0.25) is 14.5 Å². The van der Waals surface area contributed by atoms with Crippen LogP contribution in [0.1, 0.15) is 5.56 Å². The number of carboxylic acids is 1. The van der Waals surface area contributed by atoms with Crippen molar-refractivity contribution in [3.8, 4) is 11.5 Å². The van der Waals surface area contributed by atoms with Crippen LogP contribution in [0.5, 0.6) is 11.5 Å². The fourth-order valence-electron chi connectivity index (χ4n) is 2.01. The Morgan fingerprint density at radius 1 is 1.52 bits per heavy atom. The van der Waals surface area contributed by atoms with Gasteiger partial charge < -0.3 is 14.9 Å². The molecule has 1 fully saturated rings. The topological polar surface area (TPSA) is 87.1 Å². The Morgan fingerprint density at radius 3 is 2.86 bits per heavy atom. The Bertz CT molecular complexity index is 604. The van der Waals surface area contributed by atoms with E-state index in [9.17, 15) is 14.7 Å². The lowest BCUT2D eigenvalue weighted by Gasteiger charge is -2.13. The van der Waals surface area contributed by atoms with E-state index in [2.05, 4.69) is 0 Å². The van der Waals surface area contributed by atoms with Gasteiger partial charge in [0.2, 0.25) is 5.91 Å². The molecule has 1 aromatic rings. The molecule has 1 saturated heterocycles. The molecule has 6 nitrogen and oxygen atoms in total. The van der Waals surface area contributed by atoms with Crippen molar-refractivity contribution in [1.29, 1.82) is 0 Å². The van der Waals surface area contributed by atoms with Crippen LogP contribution >= 0.6 is 24.0 Å². The largest absolute Gasteiger partial charge is 0.508 e. The number of phenolic OH excluding ortho intramolecular Hbond substituents is 1. The van der Waals surface area contributed by atoms with Gasteiger partial charge in [0.25, 0.3) is 0 Å². The molecule has 1 aliphatic rings. The lowest BCUT2D eigenvalue weighted by atomic mass is 10.1. The third kappa shape index (κ3) is 3.45. The summed E-state index contributed by atoms with van der Waals surface area (Å²) in [6.07, 6.45) is 0.350. The number of amides is 1. The van der Waals surface area contributed by atoms with Crippen LogP contribution in [0, 0.1) is 0 Å². The minimum atomic E-state index is -1.10. The number of ether oxygens (including phenoxy) is 1. The van der Waals surface area contributed by atoms with Crippen molar-refractivity contribution in [2.45, 2.75) is 11.7 Å². The van der Waals surface area contributed by atoms with Gasteiger partial charge in [-0.2, -0.15) is 0 Å². The lowest BCUT2D eigenvalue weighted by Crippen LogP contribution is -2.36. The molecule has 0 spiro atoms. The number of methoxy groups -OCH3 is 1. The number of benzene rings is 1. The molecule has 1 atom stereocenters. The number of thiocarbonyl (C=S) groups is 1. The highest BCUT2D eigenvalue weighted by Gasteiger charge is 2.38. The number of phenols is 1. The number of hydrogen-bond acceptors (Lipinski definition) is 6. The summed E-state index contributed by atoms with van der Waals surface area (Å²) in [6.45, 7) is -0.423. The second-order valence-corrected chi connectivity index (χ2v) is 6.23. The molecule has 2 rings (SSSR count).